The number of thiazole rings is 1. The predicted molar refractivity (Wildman–Crippen MR) is 95.0 cm³/mol. The summed E-state index contributed by atoms with van der Waals surface area (Å²) in [6.07, 6.45) is 3.76. The fraction of sp³-hybridized carbons (Fsp3) is 0.412. The van der Waals surface area contributed by atoms with Crippen molar-refractivity contribution in [3.05, 3.63) is 49.5 Å². The molecule has 0 aromatic carbocycles. The smallest absolute Gasteiger partial charge is 0.259 e. The number of aryl methyl sites for hydroxylation is 3. The molecule has 24 heavy (non-hydrogen) atoms. The van der Waals surface area contributed by atoms with Crippen molar-refractivity contribution < 1.29 is 0 Å². The molecule has 4 rings (SSSR count). The van der Waals surface area contributed by atoms with E-state index in [1.54, 1.807) is 11.3 Å². The molecule has 0 saturated heterocycles. The quantitative estimate of drug-likeness (QED) is 0.716. The summed E-state index contributed by atoms with van der Waals surface area (Å²) >= 11 is 1.80. The van der Waals surface area contributed by atoms with Gasteiger partial charge < -0.3 is 4.90 Å². The largest absolute Gasteiger partial charge is 0.351 e. The minimum Gasteiger partial charge on any atom is -0.351 e. The van der Waals surface area contributed by atoms with Gasteiger partial charge >= 0.3 is 0 Å². The lowest BCUT2D eigenvalue weighted by Gasteiger charge is -2.28. The van der Waals surface area contributed by atoms with E-state index >= 15 is 0 Å². The van der Waals surface area contributed by atoms with Crippen LogP contribution in [0.4, 0.5) is 5.82 Å². The number of hydrogen-bond donors (Lipinski definition) is 0. The zero-order chi connectivity index (χ0) is 16.8. The number of nitrogens with zero attached hydrogens (tertiary/aromatic N) is 5. The first kappa shape index (κ1) is 15.3. The Labute approximate surface area is 143 Å². The summed E-state index contributed by atoms with van der Waals surface area (Å²) in [7, 11) is 0. The number of hydrogen-bond acceptors (Lipinski definition) is 6. The van der Waals surface area contributed by atoms with E-state index in [1.807, 2.05) is 20.0 Å². The van der Waals surface area contributed by atoms with Crippen molar-refractivity contribution in [3.63, 3.8) is 0 Å². The van der Waals surface area contributed by atoms with Gasteiger partial charge in [0.2, 0.25) is 5.78 Å². The van der Waals surface area contributed by atoms with Crippen LogP contribution in [0.1, 0.15) is 33.8 Å². The van der Waals surface area contributed by atoms with Crippen LogP contribution in [0, 0.1) is 13.8 Å². The number of rotatable bonds is 2. The molecule has 0 spiro atoms. The van der Waals surface area contributed by atoms with Crippen molar-refractivity contribution in [2.24, 2.45) is 0 Å². The van der Waals surface area contributed by atoms with E-state index in [0.29, 0.717) is 11.5 Å². The van der Waals surface area contributed by atoms with Gasteiger partial charge in [-0.1, -0.05) is 6.92 Å². The lowest BCUT2D eigenvalue weighted by molar-refractivity contribution is 0.712. The van der Waals surface area contributed by atoms with Gasteiger partial charge in [0.25, 0.3) is 5.56 Å². The van der Waals surface area contributed by atoms with Gasteiger partial charge in [-0.15, -0.1) is 11.3 Å². The minimum atomic E-state index is -0.0874. The van der Waals surface area contributed by atoms with E-state index in [9.17, 15) is 4.79 Å². The Balaban J connectivity index is 1.76. The maximum atomic E-state index is 12.1. The van der Waals surface area contributed by atoms with E-state index < -0.39 is 0 Å². The Hall–Kier alpha value is -2.28. The van der Waals surface area contributed by atoms with Crippen LogP contribution in [0.5, 0.6) is 0 Å². The third-order valence-corrected chi connectivity index (χ3v) is 5.55. The molecule has 1 aliphatic heterocycles. The molecular weight excluding hydrogens is 322 g/mol. The van der Waals surface area contributed by atoms with Crippen LogP contribution in [0.25, 0.3) is 5.78 Å². The van der Waals surface area contributed by atoms with Gasteiger partial charge in [-0.3, -0.25) is 9.20 Å². The summed E-state index contributed by atoms with van der Waals surface area (Å²) < 4.78 is 1.52. The van der Waals surface area contributed by atoms with E-state index in [0.717, 1.165) is 37.3 Å². The summed E-state index contributed by atoms with van der Waals surface area (Å²) in [5.41, 5.74) is 2.82. The molecule has 124 valence electrons. The van der Waals surface area contributed by atoms with E-state index in [2.05, 4.69) is 21.8 Å². The molecule has 0 saturated carbocycles. The van der Waals surface area contributed by atoms with Crippen molar-refractivity contribution in [2.45, 2.75) is 40.2 Å². The monoisotopic (exact) mass is 341 g/mol. The third kappa shape index (κ3) is 2.49. The van der Waals surface area contributed by atoms with Crippen LogP contribution in [0.2, 0.25) is 0 Å². The third-order valence-electron chi connectivity index (χ3n) is 4.32. The SMILES string of the molecule is CCc1nc2c(s1)CN(c1nc3nc(C)cc(=O)n3cc1C)CC2. The van der Waals surface area contributed by atoms with Crippen LogP contribution in [0.3, 0.4) is 0 Å². The molecule has 0 aliphatic carbocycles. The Morgan fingerprint density at radius 1 is 1.25 bits per heavy atom. The molecule has 0 radical (unpaired) electrons. The predicted octanol–water partition coefficient (Wildman–Crippen LogP) is 2.29. The summed E-state index contributed by atoms with van der Waals surface area (Å²) in [6.45, 7) is 7.67. The Kier molecular flexibility index (Phi) is 3.60. The summed E-state index contributed by atoms with van der Waals surface area (Å²) in [4.78, 5) is 29.5. The van der Waals surface area contributed by atoms with Crippen LogP contribution in [0.15, 0.2) is 17.1 Å². The molecule has 0 atom stereocenters. The van der Waals surface area contributed by atoms with Gasteiger partial charge in [0, 0.05) is 41.4 Å². The van der Waals surface area contributed by atoms with Gasteiger partial charge in [-0.25, -0.2) is 9.97 Å². The van der Waals surface area contributed by atoms with Gasteiger partial charge in [0.05, 0.1) is 17.2 Å². The van der Waals surface area contributed by atoms with E-state index in [1.165, 1.54) is 26.0 Å². The maximum Gasteiger partial charge on any atom is 0.259 e. The Morgan fingerprint density at radius 3 is 2.88 bits per heavy atom. The summed E-state index contributed by atoms with van der Waals surface area (Å²) in [6, 6.07) is 1.53. The molecule has 0 bridgehead atoms. The lowest BCUT2D eigenvalue weighted by atomic mass is 10.1. The van der Waals surface area contributed by atoms with Crippen LogP contribution < -0.4 is 10.5 Å². The molecule has 0 unspecified atom stereocenters. The highest BCUT2D eigenvalue weighted by molar-refractivity contribution is 7.11. The van der Waals surface area contributed by atoms with Crippen molar-refractivity contribution in [1.29, 1.82) is 0 Å². The van der Waals surface area contributed by atoms with Gasteiger partial charge in [-0.05, 0) is 20.3 Å². The molecule has 6 nitrogen and oxygen atoms in total. The van der Waals surface area contributed by atoms with Crippen LogP contribution in [-0.4, -0.2) is 25.9 Å². The normalized spacial score (nSPS) is 14.2. The van der Waals surface area contributed by atoms with Crippen molar-refractivity contribution in [2.75, 3.05) is 11.4 Å². The molecule has 7 heteroatoms. The minimum absolute atomic E-state index is 0.0874. The molecular formula is C17H19N5OS. The first-order valence-electron chi connectivity index (χ1n) is 8.15. The number of anilines is 1. The van der Waals surface area contributed by atoms with Gasteiger partial charge in [0.1, 0.15) is 5.82 Å². The molecule has 3 aromatic heterocycles. The second kappa shape index (κ2) is 5.66. The van der Waals surface area contributed by atoms with Crippen molar-refractivity contribution in [1.82, 2.24) is 19.4 Å². The van der Waals surface area contributed by atoms with Crippen LogP contribution >= 0.6 is 11.3 Å². The van der Waals surface area contributed by atoms with Gasteiger partial charge in [-0.2, -0.15) is 4.98 Å². The van der Waals surface area contributed by atoms with Crippen molar-refractivity contribution >= 4 is 22.9 Å². The first-order valence-corrected chi connectivity index (χ1v) is 8.97. The maximum absolute atomic E-state index is 12.1. The average Bonchev–Trinajstić information content (AvgIpc) is 2.97. The molecule has 4 heterocycles. The second-order valence-corrected chi connectivity index (χ2v) is 7.32. The Bertz CT molecular complexity index is 991. The van der Waals surface area contributed by atoms with Crippen LogP contribution in [-0.2, 0) is 19.4 Å². The highest BCUT2D eigenvalue weighted by Gasteiger charge is 2.23. The summed E-state index contributed by atoms with van der Waals surface area (Å²) in [5, 5.41) is 1.20. The van der Waals surface area contributed by atoms with E-state index in [4.69, 9.17) is 4.98 Å². The molecule has 1 aliphatic rings. The standard InChI is InChI=1S/C17H19N5OS/c1-4-14-19-12-5-6-21(9-13(12)24-14)16-10(2)8-22-15(23)7-11(3)18-17(22)20-16/h7-8H,4-6,9H2,1-3H3. The summed E-state index contributed by atoms with van der Waals surface area (Å²) in [5.74, 6) is 1.37. The molecule has 0 N–H and O–H groups in total. The molecule has 0 amide bonds. The zero-order valence-electron chi connectivity index (χ0n) is 14.0. The highest BCUT2D eigenvalue weighted by Crippen LogP contribution is 2.29. The van der Waals surface area contributed by atoms with E-state index in [-0.39, 0.29) is 5.56 Å². The zero-order valence-corrected chi connectivity index (χ0v) is 14.9. The molecule has 0 fully saturated rings. The topological polar surface area (TPSA) is 63.4 Å². The second-order valence-electron chi connectivity index (χ2n) is 6.16. The van der Waals surface area contributed by atoms with Gasteiger partial charge in [0.15, 0.2) is 0 Å². The van der Waals surface area contributed by atoms with Crippen molar-refractivity contribution in [3.8, 4) is 0 Å². The fourth-order valence-electron chi connectivity index (χ4n) is 3.13. The first-order chi connectivity index (χ1) is 11.5. The molecule has 3 aromatic rings. The highest BCUT2D eigenvalue weighted by atomic mass is 32.1. The fourth-order valence-corrected chi connectivity index (χ4v) is 4.20. The number of fused-ring (bicyclic) bond motifs is 2. The lowest BCUT2D eigenvalue weighted by Crippen LogP contribution is -2.31. The Morgan fingerprint density at radius 2 is 2.08 bits per heavy atom. The number of aromatic nitrogens is 4. The average molecular weight is 341 g/mol.